The number of amides is 1. The van der Waals surface area contributed by atoms with Crippen LogP contribution in [0.3, 0.4) is 0 Å². The lowest BCUT2D eigenvalue weighted by molar-refractivity contribution is -0.121. The summed E-state index contributed by atoms with van der Waals surface area (Å²) in [5.41, 5.74) is 6.42. The summed E-state index contributed by atoms with van der Waals surface area (Å²) in [7, 11) is 2.08. The minimum Gasteiger partial charge on any atom is -0.324 e. The van der Waals surface area contributed by atoms with Gasteiger partial charge in [-0.05, 0) is 68.9 Å². The molecule has 0 bridgehead atoms. The molecule has 3 N–H and O–H groups in total. The monoisotopic (exact) mass is 547 g/mol. The zero-order valence-electron chi connectivity index (χ0n) is 22.2. The Bertz CT molecular complexity index is 1890. The summed E-state index contributed by atoms with van der Waals surface area (Å²) in [5.74, 6) is 0.266. The van der Waals surface area contributed by atoms with E-state index in [4.69, 9.17) is 4.98 Å². The van der Waals surface area contributed by atoms with Crippen LogP contribution in [0, 0.1) is 11.7 Å². The number of benzene rings is 1. The first-order chi connectivity index (χ1) is 20.0. The van der Waals surface area contributed by atoms with Crippen LogP contribution in [0.2, 0.25) is 0 Å². The molecule has 1 aliphatic heterocycles. The number of fused-ring (bicyclic) bond motifs is 2. The number of carbonyl (C=O) groups is 1. The molecule has 1 amide bonds. The molecule has 7 rings (SSSR count). The fourth-order valence-electron chi connectivity index (χ4n) is 5.31. The van der Waals surface area contributed by atoms with Crippen LogP contribution in [0.1, 0.15) is 12.8 Å². The molecular weight excluding hydrogens is 521 g/mol. The normalized spacial score (nSPS) is 14.6. The fraction of sp³-hybridized carbons (Fsp3) is 0.200. The highest BCUT2D eigenvalue weighted by molar-refractivity contribution is 5.96. The number of rotatable bonds is 5. The predicted molar refractivity (Wildman–Crippen MR) is 154 cm³/mol. The van der Waals surface area contributed by atoms with E-state index in [9.17, 15) is 9.18 Å². The summed E-state index contributed by atoms with van der Waals surface area (Å²) in [6.07, 6.45) is 8.54. The predicted octanol–water partition coefficient (Wildman–Crippen LogP) is 5.04. The number of hydrogen-bond donors (Lipinski definition) is 3. The van der Waals surface area contributed by atoms with Gasteiger partial charge in [0.1, 0.15) is 17.0 Å². The zero-order chi connectivity index (χ0) is 27.9. The Morgan fingerprint density at radius 2 is 1.78 bits per heavy atom. The number of aromatic nitrogens is 7. The lowest BCUT2D eigenvalue weighted by Crippen LogP contribution is -2.35. The van der Waals surface area contributed by atoms with E-state index >= 15 is 0 Å². The Morgan fingerprint density at radius 3 is 2.61 bits per heavy atom. The highest BCUT2D eigenvalue weighted by Gasteiger charge is 2.23. The molecule has 11 heteroatoms. The van der Waals surface area contributed by atoms with E-state index in [-0.39, 0.29) is 17.6 Å². The molecule has 6 aromatic rings. The number of piperidine rings is 1. The van der Waals surface area contributed by atoms with E-state index in [0.717, 1.165) is 53.6 Å². The van der Waals surface area contributed by atoms with E-state index in [1.54, 1.807) is 36.9 Å². The first-order valence-electron chi connectivity index (χ1n) is 13.4. The van der Waals surface area contributed by atoms with Crippen LogP contribution in [0.4, 0.5) is 10.1 Å². The second kappa shape index (κ2) is 10.2. The van der Waals surface area contributed by atoms with E-state index in [1.165, 1.54) is 12.1 Å². The van der Waals surface area contributed by atoms with Crippen LogP contribution in [-0.2, 0) is 4.79 Å². The molecule has 0 saturated carbocycles. The van der Waals surface area contributed by atoms with Gasteiger partial charge in [0.15, 0.2) is 17.1 Å². The average Bonchev–Trinajstić information content (AvgIpc) is 3.62. The Kier molecular flexibility index (Phi) is 6.20. The summed E-state index contributed by atoms with van der Waals surface area (Å²) in [4.78, 5) is 36.6. The Hall–Kier alpha value is -5.03. The van der Waals surface area contributed by atoms with Crippen LogP contribution >= 0.6 is 0 Å². The van der Waals surface area contributed by atoms with Crippen molar-refractivity contribution >= 4 is 33.8 Å². The third-order valence-electron chi connectivity index (χ3n) is 7.61. The molecule has 1 saturated heterocycles. The molecule has 0 aliphatic carbocycles. The molecular formula is C30H26FN9O. The third-order valence-corrected chi connectivity index (χ3v) is 7.61. The molecule has 0 atom stereocenters. The van der Waals surface area contributed by atoms with E-state index in [2.05, 4.69) is 47.4 Å². The number of aromatic amines is 2. The van der Waals surface area contributed by atoms with Crippen LogP contribution in [0.5, 0.6) is 0 Å². The van der Waals surface area contributed by atoms with Gasteiger partial charge in [-0.3, -0.25) is 14.9 Å². The van der Waals surface area contributed by atoms with Crippen molar-refractivity contribution in [2.75, 3.05) is 25.5 Å². The van der Waals surface area contributed by atoms with Gasteiger partial charge < -0.3 is 15.2 Å². The second-order valence-electron chi connectivity index (χ2n) is 10.4. The first-order valence-corrected chi connectivity index (χ1v) is 13.4. The van der Waals surface area contributed by atoms with Gasteiger partial charge in [-0.25, -0.2) is 19.3 Å². The topological polar surface area (TPSA) is 128 Å². The molecule has 0 spiro atoms. The number of carbonyl (C=O) groups excluding carboxylic acids is 1. The van der Waals surface area contributed by atoms with Crippen LogP contribution in [0.15, 0.2) is 67.3 Å². The Balaban J connectivity index is 1.20. The standard InChI is InChI=1S/C30H26FN9O/c1-40-10-7-18(8-11-40)30(41)35-22-12-19(14-32-16-22)20-13-24-26(38-39-27(24)34-15-20)29-36-25-23(6-9-33-28(25)37-29)17-2-4-21(31)5-3-17/h2-6,9,12-16,18H,7-8,10-11H2,1H3,(H,35,41)(H,33,36,37)(H,34,38,39). The number of imidazole rings is 1. The lowest BCUT2D eigenvalue weighted by Gasteiger charge is -2.28. The minimum absolute atomic E-state index is 0.00299. The van der Waals surface area contributed by atoms with Gasteiger partial charge in [0.25, 0.3) is 0 Å². The number of anilines is 1. The van der Waals surface area contributed by atoms with Gasteiger partial charge in [-0.1, -0.05) is 12.1 Å². The molecule has 1 aromatic carbocycles. The maximum atomic E-state index is 13.5. The second-order valence-corrected chi connectivity index (χ2v) is 10.4. The first kappa shape index (κ1) is 25.0. The summed E-state index contributed by atoms with van der Waals surface area (Å²) >= 11 is 0. The maximum Gasteiger partial charge on any atom is 0.227 e. The molecule has 6 heterocycles. The van der Waals surface area contributed by atoms with E-state index in [0.29, 0.717) is 34.0 Å². The molecule has 1 fully saturated rings. The molecule has 10 nitrogen and oxygen atoms in total. The lowest BCUT2D eigenvalue weighted by atomic mass is 9.96. The van der Waals surface area contributed by atoms with Crippen molar-refractivity contribution in [3.8, 4) is 33.8 Å². The number of pyridine rings is 3. The van der Waals surface area contributed by atoms with Gasteiger partial charge in [0.05, 0.1) is 17.3 Å². The largest absolute Gasteiger partial charge is 0.324 e. The van der Waals surface area contributed by atoms with Crippen molar-refractivity contribution < 1.29 is 9.18 Å². The van der Waals surface area contributed by atoms with Gasteiger partial charge in [-0.15, -0.1) is 0 Å². The molecule has 0 radical (unpaired) electrons. The summed E-state index contributed by atoms with van der Waals surface area (Å²) in [6, 6.07) is 12.0. The number of nitrogens with zero attached hydrogens (tertiary/aromatic N) is 6. The number of likely N-dealkylation sites (tertiary alicyclic amines) is 1. The van der Waals surface area contributed by atoms with Crippen molar-refractivity contribution in [2.45, 2.75) is 12.8 Å². The number of nitrogens with one attached hydrogen (secondary N) is 3. The maximum absolute atomic E-state index is 13.5. The Morgan fingerprint density at radius 1 is 0.976 bits per heavy atom. The van der Waals surface area contributed by atoms with Crippen molar-refractivity contribution in [3.63, 3.8) is 0 Å². The number of halogens is 1. The van der Waals surface area contributed by atoms with Gasteiger partial charge in [-0.2, -0.15) is 5.10 Å². The van der Waals surface area contributed by atoms with Crippen LogP contribution in [-0.4, -0.2) is 66.1 Å². The summed E-state index contributed by atoms with van der Waals surface area (Å²) in [5, 5.41) is 11.3. The smallest absolute Gasteiger partial charge is 0.227 e. The Labute approximate surface area is 234 Å². The molecule has 5 aromatic heterocycles. The zero-order valence-corrected chi connectivity index (χ0v) is 22.2. The molecule has 0 unspecified atom stereocenters. The minimum atomic E-state index is -0.298. The van der Waals surface area contributed by atoms with Gasteiger partial charge in [0, 0.05) is 41.2 Å². The fourth-order valence-corrected chi connectivity index (χ4v) is 5.31. The highest BCUT2D eigenvalue weighted by atomic mass is 19.1. The van der Waals surface area contributed by atoms with Crippen molar-refractivity contribution in [3.05, 3.63) is 73.1 Å². The SMILES string of the molecule is CN1CCC(C(=O)Nc2cncc(-c3cnc4[nH]nc(-c5nc6c(-c7ccc(F)cc7)ccnc6[nH]5)c4c3)c2)CC1. The van der Waals surface area contributed by atoms with Gasteiger partial charge in [0.2, 0.25) is 5.91 Å². The average molecular weight is 548 g/mol. The summed E-state index contributed by atoms with van der Waals surface area (Å²) in [6.45, 7) is 1.84. The van der Waals surface area contributed by atoms with Crippen molar-refractivity contribution in [1.82, 2.24) is 40.0 Å². The summed E-state index contributed by atoms with van der Waals surface area (Å²) < 4.78 is 13.5. The third kappa shape index (κ3) is 4.80. The van der Waals surface area contributed by atoms with Crippen molar-refractivity contribution in [2.24, 2.45) is 5.92 Å². The van der Waals surface area contributed by atoms with Gasteiger partial charge >= 0.3 is 0 Å². The highest BCUT2D eigenvalue weighted by Crippen LogP contribution is 2.32. The van der Waals surface area contributed by atoms with E-state index in [1.807, 2.05) is 18.2 Å². The quantitative estimate of drug-likeness (QED) is 0.276. The van der Waals surface area contributed by atoms with Crippen LogP contribution in [0.25, 0.3) is 56.0 Å². The molecule has 204 valence electrons. The van der Waals surface area contributed by atoms with Crippen LogP contribution < -0.4 is 5.32 Å². The van der Waals surface area contributed by atoms with E-state index < -0.39 is 0 Å². The molecule has 41 heavy (non-hydrogen) atoms. The number of hydrogen-bond acceptors (Lipinski definition) is 7. The molecule has 1 aliphatic rings. The number of H-pyrrole nitrogens is 2. The van der Waals surface area contributed by atoms with Crippen molar-refractivity contribution in [1.29, 1.82) is 0 Å².